The van der Waals surface area contributed by atoms with Crippen LogP contribution in [0.3, 0.4) is 0 Å². The molecule has 18 heavy (non-hydrogen) atoms. The maximum atomic E-state index is 11.8. The number of hydrogen-bond acceptors (Lipinski definition) is 4. The van der Waals surface area contributed by atoms with E-state index in [-0.39, 0.29) is 13.0 Å². The monoisotopic (exact) mass is 258 g/mol. The lowest BCUT2D eigenvalue weighted by Gasteiger charge is -2.26. The summed E-state index contributed by atoms with van der Waals surface area (Å²) in [6.07, 6.45) is 0.582. The average molecular weight is 258 g/mol. The number of aliphatic carboxylic acids is 1. The number of carbonyl (C=O) groups excluding carboxylic acids is 2. The third kappa shape index (κ3) is 2.98. The van der Waals surface area contributed by atoms with Gasteiger partial charge in [0.15, 0.2) is 0 Å². The van der Waals surface area contributed by atoms with Gasteiger partial charge in [-0.3, -0.25) is 19.2 Å². The quantitative estimate of drug-likeness (QED) is 0.612. The van der Waals surface area contributed by atoms with Gasteiger partial charge in [0.25, 0.3) is 5.91 Å². The zero-order chi connectivity index (χ0) is 13.8. The molecule has 1 atom stereocenters. The Morgan fingerprint density at radius 1 is 1.50 bits per heavy atom. The summed E-state index contributed by atoms with van der Waals surface area (Å²) in [7, 11) is 0. The highest BCUT2D eigenvalue weighted by Crippen LogP contribution is 2.30. The number of hydrogen-bond donors (Lipinski definition) is 3. The Balaban J connectivity index is 2.62. The van der Waals surface area contributed by atoms with E-state index < -0.39 is 29.2 Å². The van der Waals surface area contributed by atoms with Gasteiger partial charge in [0.05, 0.1) is 5.41 Å². The van der Waals surface area contributed by atoms with E-state index in [0.717, 1.165) is 0 Å². The Labute approximate surface area is 105 Å². The van der Waals surface area contributed by atoms with E-state index in [1.807, 2.05) is 0 Å². The summed E-state index contributed by atoms with van der Waals surface area (Å²) in [6.45, 7) is 3.52. The largest absolute Gasteiger partial charge is 0.481 e. The van der Waals surface area contributed by atoms with E-state index in [0.29, 0.717) is 12.8 Å². The number of amides is 2. The summed E-state index contributed by atoms with van der Waals surface area (Å²) >= 11 is 0. The molecule has 102 valence electrons. The van der Waals surface area contributed by atoms with Crippen LogP contribution in [0.4, 0.5) is 0 Å². The van der Waals surface area contributed by atoms with E-state index in [1.54, 1.807) is 13.8 Å². The summed E-state index contributed by atoms with van der Waals surface area (Å²) in [5.74, 6) is -1.86. The molecule has 1 fully saturated rings. The highest BCUT2D eigenvalue weighted by atomic mass is 16.7. The fraction of sp³-hybridized carbons (Fsp3) is 0.727. The molecule has 0 aliphatic carbocycles. The summed E-state index contributed by atoms with van der Waals surface area (Å²) in [5, 5.41) is 11.7. The second-order valence-electron chi connectivity index (χ2n) is 4.37. The first kappa shape index (κ1) is 14.4. The van der Waals surface area contributed by atoms with E-state index in [9.17, 15) is 19.5 Å². The van der Waals surface area contributed by atoms with Crippen LogP contribution in [0.15, 0.2) is 0 Å². The molecule has 0 bridgehead atoms. The van der Waals surface area contributed by atoms with Gasteiger partial charge in [0.1, 0.15) is 12.6 Å². The van der Waals surface area contributed by atoms with Crippen molar-refractivity contribution in [2.24, 2.45) is 5.41 Å². The highest BCUT2D eigenvalue weighted by molar-refractivity contribution is 5.90. The van der Waals surface area contributed by atoms with Gasteiger partial charge in [0, 0.05) is 6.42 Å². The van der Waals surface area contributed by atoms with Crippen molar-refractivity contribution in [1.29, 1.82) is 0 Å². The molecular formula is C11H18N2O5. The molecular weight excluding hydrogens is 240 g/mol. The first-order valence-corrected chi connectivity index (χ1v) is 5.89. The van der Waals surface area contributed by atoms with Gasteiger partial charge in [-0.25, -0.2) is 5.48 Å². The molecule has 1 heterocycles. The lowest BCUT2D eigenvalue weighted by atomic mass is 9.79. The Kier molecular flexibility index (Phi) is 4.66. The maximum Gasteiger partial charge on any atom is 0.310 e. The summed E-state index contributed by atoms with van der Waals surface area (Å²) in [4.78, 5) is 38.9. The Morgan fingerprint density at radius 3 is 2.50 bits per heavy atom. The van der Waals surface area contributed by atoms with Crippen LogP contribution in [0, 0.1) is 5.41 Å². The summed E-state index contributed by atoms with van der Waals surface area (Å²) in [5.41, 5.74) is 1.05. The van der Waals surface area contributed by atoms with Crippen molar-refractivity contribution in [3.05, 3.63) is 0 Å². The molecule has 2 amide bonds. The molecule has 1 saturated heterocycles. The summed E-state index contributed by atoms with van der Waals surface area (Å²) < 4.78 is 0. The predicted molar refractivity (Wildman–Crippen MR) is 61.3 cm³/mol. The smallest absolute Gasteiger partial charge is 0.310 e. The third-order valence-electron chi connectivity index (χ3n) is 3.38. The van der Waals surface area contributed by atoms with E-state index in [4.69, 9.17) is 0 Å². The minimum absolute atomic E-state index is 0.0584. The molecule has 1 rings (SSSR count). The van der Waals surface area contributed by atoms with Crippen LogP contribution in [0.25, 0.3) is 0 Å². The van der Waals surface area contributed by atoms with Crippen molar-refractivity contribution in [1.82, 2.24) is 10.8 Å². The first-order chi connectivity index (χ1) is 8.45. The lowest BCUT2D eigenvalue weighted by Crippen LogP contribution is -2.44. The number of nitrogens with one attached hydrogen (secondary N) is 2. The van der Waals surface area contributed by atoms with Crippen LogP contribution in [-0.2, 0) is 19.2 Å². The van der Waals surface area contributed by atoms with Gasteiger partial charge in [-0.1, -0.05) is 13.8 Å². The number of hydroxylamine groups is 1. The molecule has 1 aliphatic heterocycles. The number of carbonyl (C=O) groups is 3. The maximum absolute atomic E-state index is 11.8. The van der Waals surface area contributed by atoms with E-state index in [2.05, 4.69) is 15.6 Å². The van der Waals surface area contributed by atoms with Crippen molar-refractivity contribution < 1.29 is 24.3 Å². The highest BCUT2D eigenvalue weighted by Gasteiger charge is 2.38. The first-order valence-electron chi connectivity index (χ1n) is 5.89. The molecule has 0 saturated carbocycles. The second-order valence-corrected chi connectivity index (χ2v) is 4.37. The van der Waals surface area contributed by atoms with Crippen LogP contribution in [0.1, 0.15) is 33.1 Å². The molecule has 0 unspecified atom stereocenters. The van der Waals surface area contributed by atoms with Gasteiger partial charge < -0.3 is 10.4 Å². The van der Waals surface area contributed by atoms with E-state index in [1.165, 1.54) is 0 Å². The molecule has 7 nitrogen and oxygen atoms in total. The van der Waals surface area contributed by atoms with Crippen LogP contribution in [0.2, 0.25) is 0 Å². The molecule has 0 aromatic rings. The Hall–Kier alpha value is -1.63. The normalized spacial score (nSPS) is 19.4. The van der Waals surface area contributed by atoms with Crippen LogP contribution < -0.4 is 10.8 Å². The van der Waals surface area contributed by atoms with Crippen LogP contribution in [-0.4, -0.2) is 35.5 Å². The SMILES string of the molecule is CCC(CC)(CC(=O)N[C@@H]1CONC1=O)C(=O)O. The van der Waals surface area contributed by atoms with Crippen LogP contribution in [0.5, 0.6) is 0 Å². The Bertz CT molecular complexity index is 351. The van der Waals surface area contributed by atoms with Crippen molar-refractivity contribution in [3.8, 4) is 0 Å². The van der Waals surface area contributed by atoms with E-state index >= 15 is 0 Å². The van der Waals surface area contributed by atoms with Crippen molar-refractivity contribution in [3.63, 3.8) is 0 Å². The zero-order valence-corrected chi connectivity index (χ0v) is 10.5. The van der Waals surface area contributed by atoms with Gasteiger partial charge in [-0.05, 0) is 12.8 Å². The molecule has 0 aromatic carbocycles. The third-order valence-corrected chi connectivity index (χ3v) is 3.38. The van der Waals surface area contributed by atoms with Gasteiger partial charge in [-0.2, -0.15) is 0 Å². The number of carboxylic acid groups (broad SMARTS) is 1. The van der Waals surface area contributed by atoms with Gasteiger partial charge >= 0.3 is 5.97 Å². The minimum Gasteiger partial charge on any atom is -0.481 e. The topological polar surface area (TPSA) is 105 Å². The minimum atomic E-state index is -1.07. The number of rotatable bonds is 6. The Morgan fingerprint density at radius 2 is 2.11 bits per heavy atom. The van der Waals surface area contributed by atoms with Crippen LogP contribution >= 0.6 is 0 Å². The van der Waals surface area contributed by atoms with Gasteiger partial charge in [-0.15, -0.1) is 0 Å². The fourth-order valence-corrected chi connectivity index (χ4v) is 1.88. The molecule has 0 aromatic heterocycles. The standard InChI is InChI=1S/C11H18N2O5/c1-3-11(4-2,10(16)17)5-8(14)12-7-6-18-13-9(7)15/h7H,3-6H2,1-2H3,(H,12,14)(H,13,15)(H,16,17)/t7-/m1/s1. The lowest BCUT2D eigenvalue weighted by molar-refractivity contribution is -0.152. The molecule has 0 spiro atoms. The molecule has 7 heteroatoms. The van der Waals surface area contributed by atoms with Gasteiger partial charge in [0.2, 0.25) is 5.91 Å². The van der Waals surface area contributed by atoms with Crippen molar-refractivity contribution in [2.75, 3.05) is 6.61 Å². The zero-order valence-electron chi connectivity index (χ0n) is 10.5. The summed E-state index contributed by atoms with van der Waals surface area (Å²) in [6, 6.07) is -0.738. The molecule has 0 radical (unpaired) electrons. The van der Waals surface area contributed by atoms with Crippen molar-refractivity contribution in [2.45, 2.75) is 39.2 Å². The second kappa shape index (κ2) is 5.81. The molecule has 3 N–H and O–H groups in total. The number of carboxylic acids is 1. The fourth-order valence-electron chi connectivity index (χ4n) is 1.88. The van der Waals surface area contributed by atoms with Crippen molar-refractivity contribution >= 4 is 17.8 Å². The molecule has 1 aliphatic rings. The predicted octanol–water partition coefficient (Wildman–Crippen LogP) is -0.186. The average Bonchev–Trinajstić information content (AvgIpc) is 2.71.